The van der Waals surface area contributed by atoms with Crippen LogP contribution in [0.5, 0.6) is 5.75 Å². The van der Waals surface area contributed by atoms with Gasteiger partial charge in [0.1, 0.15) is 11.5 Å². The number of carbonyl (C=O) groups excluding carboxylic acids is 2. The predicted molar refractivity (Wildman–Crippen MR) is 130 cm³/mol. The van der Waals surface area contributed by atoms with Crippen molar-refractivity contribution < 1.29 is 19.4 Å². The molecule has 1 aliphatic rings. The van der Waals surface area contributed by atoms with Crippen LogP contribution in [0.15, 0.2) is 66.2 Å². The highest BCUT2D eigenvalue weighted by Gasteiger charge is 2.47. The average molecular weight is 442 g/mol. The Morgan fingerprint density at radius 2 is 1.58 bits per heavy atom. The second-order valence-corrected chi connectivity index (χ2v) is 8.46. The number of carbonyl (C=O) groups is 2. The van der Waals surface area contributed by atoms with Gasteiger partial charge in [-0.15, -0.1) is 0 Å². The van der Waals surface area contributed by atoms with Crippen molar-refractivity contribution in [1.29, 1.82) is 0 Å². The van der Waals surface area contributed by atoms with E-state index in [1.807, 2.05) is 70.2 Å². The molecule has 1 atom stereocenters. The molecule has 1 amide bonds. The number of aliphatic hydroxyl groups is 1. The Labute approximate surface area is 193 Å². The molecule has 5 heteroatoms. The Hall–Kier alpha value is -3.86. The number of hydrogen-bond donors (Lipinski definition) is 1. The second-order valence-electron chi connectivity index (χ2n) is 8.46. The predicted octanol–water partition coefficient (Wildman–Crippen LogP) is 5.56. The Morgan fingerprint density at radius 1 is 0.879 bits per heavy atom. The molecule has 1 unspecified atom stereocenters. The number of benzene rings is 3. The average Bonchev–Trinajstić information content (AvgIpc) is 3.07. The van der Waals surface area contributed by atoms with Crippen LogP contribution in [-0.4, -0.2) is 23.9 Å². The molecular weight excluding hydrogens is 414 g/mol. The lowest BCUT2D eigenvalue weighted by molar-refractivity contribution is -0.132. The summed E-state index contributed by atoms with van der Waals surface area (Å²) in [5, 5.41) is 11.3. The molecule has 1 heterocycles. The van der Waals surface area contributed by atoms with Crippen molar-refractivity contribution in [1.82, 2.24) is 0 Å². The number of methoxy groups -OCH3 is 1. The molecule has 1 N–H and O–H groups in total. The number of aryl methyl sites for hydroxylation is 3. The first-order valence-corrected chi connectivity index (χ1v) is 10.8. The zero-order valence-corrected chi connectivity index (χ0v) is 19.5. The van der Waals surface area contributed by atoms with E-state index in [2.05, 4.69) is 0 Å². The molecule has 4 rings (SSSR count). The molecule has 1 aliphatic heterocycles. The molecule has 3 aromatic carbocycles. The van der Waals surface area contributed by atoms with E-state index in [0.29, 0.717) is 22.6 Å². The van der Waals surface area contributed by atoms with Gasteiger partial charge < -0.3 is 9.84 Å². The first-order valence-electron chi connectivity index (χ1n) is 10.8. The van der Waals surface area contributed by atoms with Gasteiger partial charge in [0.05, 0.1) is 18.7 Å². The summed E-state index contributed by atoms with van der Waals surface area (Å²) in [4.78, 5) is 28.2. The normalized spacial score (nSPS) is 17.5. The Balaban J connectivity index is 1.98. The van der Waals surface area contributed by atoms with Gasteiger partial charge in [-0.3, -0.25) is 14.5 Å². The maximum absolute atomic E-state index is 13.3. The molecule has 1 saturated heterocycles. The van der Waals surface area contributed by atoms with Crippen molar-refractivity contribution >= 4 is 23.1 Å². The smallest absolute Gasteiger partial charge is 0.300 e. The summed E-state index contributed by atoms with van der Waals surface area (Å²) in [6.45, 7) is 7.82. The van der Waals surface area contributed by atoms with E-state index in [1.54, 1.807) is 25.3 Å². The van der Waals surface area contributed by atoms with Crippen LogP contribution in [0, 0.1) is 27.7 Å². The van der Waals surface area contributed by atoms with E-state index in [9.17, 15) is 14.7 Å². The molecule has 0 radical (unpaired) electrons. The maximum atomic E-state index is 13.3. The topological polar surface area (TPSA) is 66.8 Å². The third-order valence-electron chi connectivity index (χ3n) is 6.49. The van der Waals surface area contributed by atoms with E-state index in [4.69, 9.17) is 4.74 Å². The van der Waals surface area contributed by atoms with Crippen molar-refractivity contribution in [2.45, 2.75) is 33.7 Å². The third-order valence-corrected chi connectivity index (χ3v) is 6.49. The maximum Gasteiger partial charge on any atom is 0.300 e. The quantitative estimate of drug-likeness (QED) is 0.327. The molecule has 0 bridgehead atoms. The SMILES string of the molecule is COc1ccc(C2/C(=C(\O)c3ccc(C)c(C)c3)C(=O)C(=O)N2c2cccc(C)c2C)cc1. The Kier molecular flexibility index (Phi) is 5.81. The number of anilines is 1. The van der Waals surface area contributed by atoms with E-state index in [0.717, 1.165) is 22.3 Å². The Morgan fingerprint density at radius 3 is 2.21 bits per heavy atom. The molecule has 33 heavy (non-hydrogen) atoms. The van der Waals surface area contributed by atoms with Gasteiger partial charge in [0.15, 0.2) is 0 Å². The fraction of sp³-hybridized carbons (Fsp3) is 0.214. The van der Waals surface area contributed by atoms with Gasteiger partial charge in [-0.1, -0.05) is 36.4 Å². The molecule has 1 fully saturated rings. The summed E-state index contributed by atoms with van der Waals surface area (Å²) in [6, 6.07) is 17.6. The third kappa shape index (κ3) is 3.80. The number of ether oxygens (including phenoxy) is 1. The highest BCUT2D eigenvalue weighted by atomic mass is 16.5. The van der Waals surface area contributed by atoms with Gasteiger partial charge in [0.25, 0.3) is 11.7 Å². The number of nitrogens with zero attached hydrogens (tertiary/aromatic N) is 1. The number of amides is 1. The summed E-state index contributed by atoms with van der Waals surface area (Å²) in [5.74, 6) is -0.871. The lowest BCUT2D eigenvalue weighted by atomic mass is 9.93. The Bertz CT molecular complexity index is 1290. The fourth-order valence-corrected chi connectivity index (χ4v) is 4.22. The molecule has 0 spiro atoms. The minimum atomic E-state index is -0.766. The molecule has 168 valence electrons. The summed E-state index contributed by atoms with van der Waals surface area (Å²) < 4.78 is 5.28. The highest BCUT2D eigenvalue weighted by Crippen LogP contribution is 2.43. The zero-order chi connectivity index (χ0) is 23.9. The first kappa shape index (κ1) is 22.3. The standard InChI is InChI=1S/C28H27NO4/c1-16-9-10-21(15-18(16)3)26(30)24-25(20-11-13-22(33-5)14-12-20)29(28(32)27(24)31)23-8-6-7-17(2)19(23)4/h6-15,25,30H,1-5H3/b26-24+. The van der Waals surface area contributed by atoms with Crippen LogP contribution >= 0.6 is 0 Å². The van der Waals surface area contributed by atoms with Crippen LogP contribution in [0.2, 0.25) is 0 Å². The van der Waals surface area contributed by atoms with Crippen molar-refractivity contribution in [2.24, 2.45) is 0 Å². The molecule has 0 saturated carbocycles. The van der Waals surface area contributed by atoms with E-state index < -0.39 is 17.7 Å². The summed E-state index contributed by atoms with van der Waals surface area (Å²) in [5.41, 5.74) is 5.93. The molecule has 3 aromatic rings. The summed E-state index contributed by atoms with van der Waals surface area (Å²) in [7, 11) is 1.58. The number of rotatable bonds is 4. The number of Topliss-reactive ketones (excluding diaryl/α,β-unsaturated/α-hetero) is 1. The van der Waals surface area contributed by atoms with Crippen LogP contribution in [0.4, 0.5) is 5.69 Å². The van der Waals surface area contributed by atoms with E-state index in [-0.39, 0.29) is 11.3 Å². The van der Waals surface area contributed by atoms with Crippen LogP contribution in [-0.2, 0) is 9.59 Å². The zero-order valence-electron chi connectivity index (χ0n) is 19.5. The molecular formula is C28H27NO4. The van der Waals surface area contributed by atoms with Crippen LogP contribution in [0.1, 0.15) is 39.4 Å². The van der Waals surface area contributed by atoms with Gasteiger partial charge in [-0.05, 0) is 79.8 Å². The first-order chi connectivity index (χ1) is 15.7. The lowest BCUT2D eigenvalue weighted by Crippen LogP contribution is -2.30. The fourth-order valence-electron chi connectivity index (χ4n) is 4.22. The number of hydrogen-bond acceptors (Lipinski definition) is 4. The van der Waals surface area contributed by atoms with Gasteiger partial charge >= 0.3 is 0 Å². The van der Waals surface area contributed by atoms with Crippen LogP contribution in [0.25, 0.3) is 5.76 Å². The van der Waals surface area contributed by atoms with Gasteiger partial charge in [-0.2, -0.15) is 0 Å². The minimum Gasteiger partial charge on any atom is -0.507 e. The summed E-state index contributed by atoms with van der Waals surface area (Å²) >= 11 is 0. The van der Waals surface area contributed by atoms with Gasteiger partial charge in [-0.25, -0.2) is 0 Å². The second kappa shape index (κ2) is 8.58. The van der Waals surface area contributed by atoms with Crippen molar-refractivity contribution in [3.63, 3.8) is 0 Å². The largest absolute Gasteiger partial charge is 0.507 e. The van der Waals surface area contributed by atoms with Crippen molar-refractivity contribution in [3.8, 4) is 5.75 Å². The van der Waals surface area contributed by atoms with Gasteiger partial charge in [0, 0.05) is 11.3 Å². The van der Waals surface area contributed by atoms with Gasteiger partial charge in [0.2, 0.25) is 0 Å². The van der Waals surface area contributed by atoms with Crippen molar-refractivity contribution in [3.05, 3.63) is 99.6 Å². The monoisotopic (exact) mass is 441 g/mol. The van der Waals surface area contributed by atoms with Crippen LogP contribution < -0.4 is 9.64 Å². The molecule has 5 nitrogen and oxygen atoms in total. The minimum absolute atomic E-state index is 0.0781. The molecule has 0 aromatic heterocycles. The number of ketones is 1. The summed E-state index contributed by atoms with van der Waals surface area (Å²) in [6.07, 6.45) is 0. The van der Waals surface area contributed by atoms with E-state index >= 15 is 0 Å². The van der Waals surface area contributed by atoms with Crippen molar-refractivity contribution in [2.75, 3.05) is 12.0 Å². The van der Waals surface area contributed by atoms with Crippen LogP contribution in [0.3, 0.4) is 0 Å². The highest BCUT2D eigenvalue weighted by molar-refractivity contribution is 6.51. The molecule has 0 aliphatic carbocycles. The number of aliphatic hydroxyl groups excluding tert-OH is 1. The lowest BCUT2D eigenvalue weighted by Gasteiger charge is -2.27. The van der Waals surface area contributed by atoms with E-state index in [1.165, 1.54) is 4.90 Å².